The summed E-state index contributed by atoms with van der Waals surface area (Å²) in [6.45, 7) is 3.25. The van der Waals surface area contributed by atoms with E-state index in [9.17, 15) is 22.4 Å². The summed E-state index contributed by atoms with van der Waals surface area (Å²) in [6, 6.07) is 3.75. The molecular formula is C20H18F4N4O. The first-order chi connectivity index (χ1) is 13.7. The second-order valence-electron chi connectivity index (χ2n) is 7.47. The Labute approximate surface area is 163 Å². The lowest BCUT2D eigenvalue weighted by Gasteiger charge is -2.17. The molecule has 1 saturated carbocycles. The number of hydrogen-bond donors (Lipinski definition) is 1. The van der Waals surface area contributed by atoms with Crippen molar-refractivity contribution in [1.29, 1.82) is 0 Å². The van der Waals surface area contributed by atoms with Gasteiger partial charge in [-0.05, 0) is 26.7 Å². The third kappa shape index (κ3) is 3.34. The van der Waals surface area contributed by atoms with Crippen LogP contribution >= 0.6 is 0 Å². The van der Waals surface area contributed by atoms with E-state index < -0.39 is 34.7 Å². The molecule has 9 heteroatoms. The Morgan fingerprint density at radius 1 is 1.21 bits per heavy atom. The summed E-state index contributed by atoms with van der Waals surface area (Å²) in [5, 5.41) is 3.15. The zero-order valence-electron chi connectivity index (χ0n) is 15.8. The summed E-state index contributed by atoms with van der Waals surface area (Å²) in [7, 11) is 0. The Bertz CT molecular complexity index is 1170. The number of hydrogen-bond acceptors (Lipinski definition) is 4. The minimum Gasteiger partial charge on any atom is -0.365 e. The minimum atomic E-state index is -2.93. The number of nitrogens with one attached hydrogen (secondary N) is 1. The van der Waals surface area contributed by atoms with Crippen molar-refractivity contribution in [2.75, 3.05) is 5.32 Å². The molecule has 5 nitrogen and oxygen atoms in total. The number of rotatable bonds is 5. The molecule has 1 N–H and O–H groups in total. The fourth-order valence-electron chi connectivity index (χ4n) is 3.31. The average molecular weight is 406 g/mol. The largest absolute Gasteiger partial charge is 0.365 e. The summed E-state index contributed by atoms with van der Waals surface area (Å²) in [6.07, 6.45) is 0.0687. The third-order valence-electron chi connectivity index (χ3n) is 5.28. The number of fused-ring (bicyclic) bond motifs is 1. The van der Waals surface area contributed by atoms with Gasteiger partial charge in [0.15, 0.2) is 0 Å². The van der Waals surface area contributed by atoms with E-state index in [4.69, 9.17) is 0 Å². The van der Waals surface area contributed by atoms with Crippen LogP contribution in [-0.2, 0) is 12.1 Å². The molecule has 0 atom stereocenters. The van der Waals surface area contributed by atoms with Crippen molar-refractivity contribution in [2.24, 2.45) is 0 Å². The van der Waals surface area contributed by atoms with Crippen molar-refractivity contribution in [3.05, 3.63) is 63.3 Å². The van der Waals surface area contributed by atoms with E-state index in [1.165, 1.54) is 29.8 Å². The van der Waals surface area contributed by atoms with E-state index in [2.05, 4.69) is 15.3 Å². The summed E-state index contributed by atoms with van der Waals surface area (Å²) < 4.78 is 56.2. The van der Waals surface area contributed by atoms with E-state index >= 15 is 0 Å². The molecule has 2 aromatic heterocycles. The first-order valence-corrected chi connectivity index (χ1v) is 9.10. The fraction of sp³-hybridized carbons (Fsp3) is 0.350. The SMILES string of the molecule is Cc1nc(NCc2cccc(C(F)F)c2F)c2cn(C3(C)CC3)c(=O)c(F)c2n1. The van der Waals surface area contributed by atoms with Gasteiger partial charge in [-0.3, -0.25) is 4.79 Å². The Hall–Kier alpha value is -2.97. The maximum absolute atomic E-state index is 14.8. The van der Waals surface area contributed by atoms with E-state index in [-0.39, 0.29) is 34.7 Å². The van der Waals surface area contributed by atoms with Crippen molar-refractivity contribution in [3.63, 3.8) is 0 Å². The number of anilines is 1. The molecule has 2 heterocycles. The van der Waals surface area contributed by atoms with Gasteiger partial charge in [0.2, 0.25) is 5.82 Å². The van der Waals surface area contributed by atoms with Crippen LogP contribution in [0.15, 0.2) is 29.2 Å². The van der Waals surface area contributed by atoms with E-state index in [1.807, 2.05) is 6.92 Å². The molecule has 0 aliphatic heterocycles. The summed E-state index contributed by atoms with van der Waals surface area (Å²) in [5.74, 6) is -1.56. The molecule has 0 amide bonds. The maximum Gasteiger partial charge on any atom is 0.289 e. The monoisotopic (exact) mass is 406 g/mol. The molecule has 29 heavy (non-hydrogen) atoms. The van der Waals surface area contributed by atoms with Crippen LogP contribution in [0.2, 0.25) is 0 Å². The van der Waals surface area contributed by atoms with Crippen LogP contribution in [-0.4, -0.2) is 14.5 Å². The van der Waals surface area contributed by atoms with Gasteiger partial charge in [-0.25, -0.2) is 23.1 Å². The molecule has 3 aromatic rings. The van der Waals surface area contributed by atoms with Crippen LogP contribution in [0.3, 0.4) is 0 Å². The number of aryl methyl sites for hydroxylation is 1. The number of pyridine rings is 1. The second-order valence-corrected chi connectivity index (χ2v) is 7.47. The van der Waals surface area contributed by atoms with Gasteiger partial charge in [0, 0.05) is 23.8 Å². The van der Waals surface area contributed by atoms with Crippen molar-refractivity contribution in [1.82, 2.24) is 14.5 Å². The average Bonchev–Trinajstić information content (AvgIpc) is 3.42. The van der Waals surface area contributed by atoms with Gasteiger partial charge in [0.1, 0.15) is 23.0 Å². The van der Waals surface area contributed by atoms with E-state index in [0.717, 1.165) is 18.9 Å². The maximum atomic E-state index is 14.8. The molecule has 0 spiro atoms. The standard InChI is InChI=1S/C20H18F4N4O/c1-10-26-16-13(9-28(19(29)15(16)22)20(2)6-7-20)18(27-10)25-8-11-4-3-5-12(14(11)21)17(23)24/h3-5,9,17H,6-8H2,1-2H3,(H,25,26,27). The molecule has 1 fully saturated rings. The summed E-state index contributed by atoms with van der Waals surface area (Å²) >= 11 is 0. The molecule has 4 rings (SSSR count). The molecule has 0 unspecified atom stereocenters. The highest BCUT2D eigenvalue weighted by molar-refractivity contribution is 5.88. The Morgan fingerprint density at radius 2 is 1.93 bits per heavy atom. The third-order valence-corrected chi connectivity index (χ3v) is 5.28. The van der Waals surface area contributed by atoms with Crippen LogP contribution in [0.1, 0.15) is 43.1 Å². The first kappa shape index (κ1) is 19.4. The predicted octanol–water partition coefficient (Wildman–Crippen LogP) is 4.44. The number of benzene rings is 1. The van der Waals surface area contributed by atoms with Crippen molar-refractivity contribution in [3.8, 4) is 0 Å². The highest BCUT2D eigenvalue weighted by Crippen LogP contribution is 2.42. The normalized spacial score (nSPS) is 15.1. The van der Waals surface area contributed by atoms with Gasteiger partial charge in [-0.15, -0.1) is 0 Å². The minimum absolute atomic E-state index is 0.0233. The van der Waals surface area contributed by atoms with Crippen LogP contribution < -0.4 is 10.9 Å². The lowest BCUT2D eigenvalue weighted by Crippen LogP contribution is -2.30. The number of aromatic nitrogens is 3. The van der Waals surface area contributed by atoms with Crippen LogP contribution in [0, 0.1) is 18.6 Å². The highest BCUT2D eigenvalue weighted by atomic mass is 19.3. The van der Waals surface area contributed by atoms with Crippen LogP contribution in [0.5, 0.6) is 0 Å². The van der Waals surface area contributed by atoms with Gasteiger partial charge < -0.3 is 9.88 Å². The lowest BCUT2D eigenvalue weighted by molar-refractivity contribution is 0.146. The number of nitrogens with zero attached hydrogens (tertiary/aromatic N) is 3. The Kier molecular flexibility index (Phi) is 4.55. The van der Waals surface area contributed by atoms with Gasteiger partial charge in [-0.2, -0.15) is 4.39 Å². The quantitative estimate of drug-likeness (QED) is 0.637. The number of alkyl halides is 2. The lowest BCUT2D eigenvalue weighted by atomic mass is 10.1. The molecule has 0 radical (unpaired) electrons. The predicted molar refractivity (Wildman–Crippen MR) is 100 cm³/mol. The Morgan fingerprint density at radius 3 is 2.59 bits per heavy atom. The van der Waals surface area contributed by atoms with E-state index in [1.54, 1.807) is 0 Å². The topological polar surface area (TPSA) is 59.8 Å². The zero-order valence-corrected chi connectivity index (χ0v) is 15.8. The molecule has 1 aliphatic rings. The fourth-order valence-corrected chi connectivity index (χ4v) is 3.31. The van der Waals surface area contributed by atoms with Crippen molar-refractivity contribution < 1.29 is 17.6 Å². The zero-order chi connectivity index (χ0) is 20.9. The molecule has 152 valence electrons. The summed E-state index contributed by atoms with van der Waals surface area (Å²) in [4.78, 5) is 20.7. The molecule has 0 bridgehead atoms. The highest BCUT2D eigenvalue weighted by Gasteiger charge is 2.41. The summed E-state index contributed by atoms with van der Waals surface area (Å²) in [5.41, 5.74) is -2.00. The number of halogens is 4. The van der Waals surface area contributed by atoms with Crippen LogP contribution in [0.25, 0.3) is 10.9 Å². The molecule has 0 saturated heterocycles. The van der Waals surface area contributed by atoms with Gasteiger partial charge in [0.25, 0.3) is 12.0 Å². The smallest absolute Gasteiger partial charge is 0.289 e. The second kappa shape index (κ2) is 6.82. The Balaban J connectivity index is 1.77. The van der Waals surface area contributed by atoms with E-state index in [0.29, 0.717) is 0 Å². The molecular weight excluding hydrogens is 388 g/mol. The molecule has 1 aromatic carbocycles. The van der Waals surface area contributed by atoms with Gasteiger partial charge in [-0.1, -0.05) is 18.2 Å². The van der Waals surface area contributed by atoms with Crippen molar-refractivity contribution >= 4 is 16.7 Å². The molecule has 1 aliphatic carbocycles. The first-order valence-electron chi connectivity index (χ1n) is 9.10. The van der Waals surface area contributed by atoms with Gasteiger partial charge in [0.05, 0.1) is 10.9 Å². The van der Waals surface area contributed by atoms with Crippen molar-refractivity contribution in [2.45, 2.75) is 45.2 Å². The van der Waals surface area contributed by atoms with Gasteiger partial charge >= 0.3 is 0 Å². The van der Waals surface area contributed by atoms with Crippen LogP contribution in [0.4, 0.5) is 23.4 Å².